The number of hydrogen-bond donors (Lipinski definition) is 1. The number of morpholine rings is 1. The predicted molar refractivity (Wildman–Crippen MR) is 75.9 cm³/mol. The molecule has 106 valence electrons. The number of rotatable bonds is 6. The van der Waals surface area contributed by atoms with E-state index in [2.05, 4.69) is 24.1 Å². The standard InChI is InChI=1S/C15H30N2O/c1-3-8-16-15(14-6-4-5-7-14)12-17-9-10-18-13(2)11-17/h13-16H,3-12H2,1-2H3. The van der Waals surface area contributed by atoms with Crippen LogP contribution in [-0.2, 0) is 4.74 Å². The van der Waals surface area contributed by atoms with Crippen LogP contribution in [0.5, 0.6) is 0 Å². The van der Waals surface area contributed by atoms with E-state index in [-0.39, 0.29) is 0 Å². The van der Waals surface area contributed by atoms with Crippen LogP contribution in [0.2, 0.25) is 0 Å². The van der Waals surface area contributed by atoms with Gasteiger partial charge in [0.1, 0.15) is 0 Å². The SMILES string of the molecule is CCCNC(CN1CCOC(C)C1)C1CCCC1. The maximum absolute atomic E-state index is 5.63. The van der Waals surface area contributed by atoms with Gasteiger partial charge in [-0.1, -0.05) is 19.8 Å². The zero-order chi connectivity index (χ0) is 12.8. The minimum absolute atomic E-state index is 0.411. The zero-order valence-corrected chi connectivity index (χ0v) is 12.2. The fourth-order valence-corrected chi connectivity index (χ4v) is 3.40. The van der Waals surface area contributed by atoms with Gasteiger partial charge in [-0.15, -0.1) is 0 Å². The highest BCUT2D eigenvalue weighted by atomic mass is 16.5. The van der Waals surface area contributed by atoms with Crippen LogP contribution in [0, 0.1) is 5.92 Å². The summed E-state index contributed by atoms with van der Waals surface area (Å²) in [5, 5.41) is 3.79. The molecule has 3 nitrogen and oxygen atoms in total. The molecule has 2 rings (SSSR count). The third kappa shape index (κ3) is 4.22. The molecule has 0 aromatic heterocycles. The van der Waals surface area contributed by atoms with Gasteiger partial charge in [0.25, 0.3) is 0 Å². The second-order valence-corrected chi connectivity index (χ2v) is 6.05. The summed E-state index contributed by atoms with van der Waals surface area (Å²) in [5.74, 6) is 0.912. The molecule has 0 spiro atoms. The van der Waals surface area contributed by atoms with Crippen molar-refractivity contribution in [3.8, 4) is 0 Å². The van der Waals surface area contributed by atoms with E-state index in [0.29, 0.717) is 12.1 Å². The number of nitrogens with one attached hydrogen (secondary N) is 1. The second kappa shape index (κ2) is 7.46. The highest BCUT2D eigenvalue weighted by molar-refractivity contribution is 4.84. The van der Waals surface area contributed by atoms with Crippen LogP contribution in [0.25, 0.3) is 0 Å². The van der Waals surface area contributed by atoms with Gasteiger partial charge in [-0.3, -0.25) is 4.90 Å². The van der Waals surface area contributed by atoms with Crippen LogP contribution in [0.15, 0.2) is 0 Å². The van der Waals surface area contributed by atoms with Gasteiger partial charge in [0.15, 0.2) is 0 Å². The number of hydrogen-bond acceptors (Lipinski definition) is 3. The summed E-state index contributed by atoms with van der Waals surface area (Å²) in [6.45, 7) is 9.97. The largest absolute Gasteiger partial charge is 0.376 e. The van der Waals surface area contributed by atoms with Gasteiger partial charge in [0, 0.05) is 25.7 Å². The van der Waals surface area contributed by atoms with Crippen molar-refractivity contribution in [1.82, 2.24) is 10.2 Å². The summed E-state index contributed by atoms with van der Waals surface area (Å²) in [6, 6.07) is 0.706. The Bertz CT molecular complexity index is 229. The molecule has 2 fully saturated rings. The quantitative estimate of drug-likeness (QED) is 0.787. The van der Waals surface area contributed by atoms with Crippen molar-refractivity contribution in [3.63, 3.8) is 0 Å². The molecule has 1 N–H and O–H groups in total. The molecule has 0 radical (unpaired) electrons. The van der Waals surface area contributed by atoms with Crippen molar-refractivity contribution in [2.45, 2.75) is 58.1 Å². The van der Waals surface area contributed by atoms with Crippen molar-refractivity contribution < 1.29 is 4.74 Å². The minimum atomic E-state index is 0.411. The summed E-state index contributed by atoms with van der Waals surface area (Å²) in [4.78, 5) is 2.60. The van der Waals surface area contributed by atoms with Crippen molar-refractivity contribution in [2.75, 3.05) is 32.8 Å². The maximum Gasteiger partial charge on any atom is 0.0674 e. The minimum Gasteiger partial charge on any atom is -0.376 e. The Hall–Kier alpha value is -0.120. The molecule has 18 heavy (non-hydrogen) atoms. The molecule has 1 aliphatic heterocycles. The molecular formula is C15H30N2O. The third-order valence-electron chi connectivity index (χ3n) is 4.41. The van der Waals surface area contributed by atoms with Crippen LogP contribution in [-0.4, -0.2) is 49.8 Å². The summed E-state index contributed by atoms with van der Waals surface area (Å²) in [5.41, 5.74) is 0. The first-order valence-corrected chi connectivity index (χ1v) is 7.87. The first-order chi connectivity index (χ1) is 8.79. The van der Waals surface area contributed by atoms with Gasteiger partial charge in [0.05, 0.1) is 12.7 Å². The molecule has 2 atom stereocenters. The second-order valence-electron chi connectivity index (χ2n) is 6.05. The van der Waals surface area contributed by atoms with Crippen molar-refractivity contribution in [2.24, 2.45) is 5.92 Å². The smallest absolute Gasteiger partial charge is 0.0674 e. The van der Waals surface area contributed by atoms with E-state index in [4.69, 9.17) is 4.74 Å². The molecular weight excluding hydrogens is 224 g/mol. The van der Waals surface area contributed by atoms with Gasteiger partial charge < -0.3 is 10.1 Å². The van der Waals surface area contributed by atoms with Gasteiger partial charge in [-0.25, -0.2) is 0 Å². The average molecular weight is 254 g/mol. The molecule has 3 heteroatoms. The lowest BCUT2D eigenvalue weighted by molar-refractivity contribution is -0.0229. The van der Waals surface area contributed by atoms with Crippen LogP contribution >= 0.6 is 0 Å². The van der Waals surface area contributed by atoms with E-state index in [1.807, 2.05) is 0 Å². The topological polar surface area (TPSA) is 24.5 Å². The lowest BCUT2D eigenvalue weighted by Crippen LogP contribution is -2.50. The third-order valence-corrected chi connectivity index (χ3v) is 4.41. The summed E-state index contributed by atoms with van der Waals surface area (Å²) >= 11 is 0. The molecule has 0 amide bonds. The Morgan fingerprint density at radius 3 is 2.78 bits per heavy atom. The maximum atomic E-state index is 5.63. The van der Waals surface area contributed by atoms with Crippen LogP contribution in [0.4, 0.5) is 0 Å². The first kappa shape index (κ1) is 14.3. The molecule has 1 aliphatic carbocycles. The van der Waals surface area contributed by atoms with Gasteiger partial charge >= 0.3 is 0 Å². The van der Waals surface area contributed by atoms with Crippen molar-refractivity contribution in [1.29, 1.82) is 0 Å². The van der Waals surface area contributed by atoms with E-state index in [1.165, 1.54) is 45.2 Å². The zero-order valence-electron chi connectivity index (χ0n) is 12.2. The highest BCUT2D eigenvalue weighted by Crippen LogP contribution is 2.28. The van der Waals surface area contributed by atoms with Gasteiger partial charge in [-0.2, -0.15) is 0 Å². The van der Waals surface area contributed by atoms with E-state index >= 15 is 0 Å². The molecule has 1 saturated heterocycles. The molecule has 0 aromatic carbocycles. The van der Waals surface area contributed by atoms with Gasteiger partial charge in [-0.05, 0) is 38.6 Å². The summed E-state index contributed by atoms with van der Waals surface area (Å²) in [6.07, 6.45) is 7.39. The Morgan fingerprint density at radius 1 is 1.33 bits per heavy atom. The van der Waals surface area contributed by atoms with Crippen LogP contribution in [0.3, 0.4) is 0 Å². The monoisotopic (exact) mass is 254 g/mol. The molecule has 2 aliphatic rings. The predicted octanol–water partition coefficient (Wildman–Crippen LogP) is 2.27. The molecule has 1 heterocycles. The van der Waals surface area contributed by atoms with E-state index < -0.39 is 0 Å². The fraction of sp³-hybridized carbons (Fsp3) is 1.00. The number of nitrogens with zero attached hydrogens (tertiary/aromatic N) is 1. The molecule has 0 bridgehead atoms. The number of ether oxygens (including phenoxy) is 1. The van der Waals surface area contributed by atoms with E-state index in [9.17, 15) is 0 Å². The summed E-state index contributed by atoms with van der Waals surface area (Å²) < 4.78 is 5.63. The first-order valence-electron chi connectivity index (χ1n) is 7.87. The lowest BCUT2D eigenvalue weighted by atomic mass is 9.97. The normalized spacial score (nSPS) is 28.7. The average Bonchev–Trinajstić information content (AvgIpc) is 2.88. The van der Waals surface area contributed by atoms with Crippen molar-refractivity contribution in [3.05, 3.63) is 0 Å². The summed E-state index contributed by atoms with van der Waals surface area (Å²) in [7, 11) is 0. The Labute approximate surface area is 112 Å². The molecule has 1 saturated carbocycles. The van der Waals surface area contributed by atoms with E-state index in [0.717, 1.165) is 25.6 Å². The lowest BCUT2D eigenvalue weighted by Gasteiger charge is -2.36. The fourth-order valence-electron chi connectivity index (χ4n) is 3.40. The Kier molecular flexibility index (Phi) is 5.93. The van der Waals surface area contributed by atoms with Crippen molar-refractivity contribution >= 4 is 0 Å². The Morgan fingerprint density at radius 2 is 2.11 bits per heavy atom. The Balaban J connectivity index is 1.82. The van der Waals surface area contributed by atoms with Gasteiger partial charge in [0.2, 0.25) is 0 Å². The highest BCUT2D eigenvalue weighted by Gasteiger charge is 2.27. The van der Waals surface area contributed by atoms with Crippen LogP contribution in [0.1, 0.15) is 46.0 Å². The van der Waals surface area contributed by atoms with Crippen LogP contribution < -0.4 is 5.32 Å². The van der Waals surface area contributed by atoms with E-state index in [1.54, 1.807) is 0 Å². The molecule has 2 unspecified atom stereocenters. The molecule has 0 aromatic rings.